The summed E-state index contributed by atoms with van der Waals surface area (Å²) in [5.41, 5.74) is 0. The van der Waals surface area contributed by atoms with E-state index in [2.05, 4.69) is 34.4 Å². The van der Waals surface area contributed by atoms with Crippen LogP contribution in [0, 0.1) is 5.92 Å². The fraction of sp³-hybridized carbons (Fsp3) is 0.650. The Hall–Kier alpha value is -1.99. The van der Waals surface area contributed by atoms with Crippen molar-refractivity contribution in [3.63, 3.8) is 0 Å². The minimum Gasteiger partial charge on any atom is -0.497 e. The van der Waals surface area contributed by atoms with Gasteiger partial charge in [0, 0.05) is 38.8 Å². The third kappa shape index (κ3) is 7.27. The Morgan fingerprint density at radius 1 is 1.22 bits per heavy atom. The fourth-order valence-electron chi connectivity index (χ4n) is 3.15. The molecule has 27 heavy (non-hydrogen) atoms. The van der Waals surface area contributed by atoms with E-state index in [1.807, 2.05) is 24.3 Å². The van der Waals surface area contributed by atoms with Crippen LogP contribution >= 0.6 is 0 Å². The Labute approximate surface area is 163 Å². The van der Waals surface area contributed by atoms with Gasteiger partial charge in [0.05, 0.1) is 26.9 Å². The summed E-state index contributed by atoms with van der Waals surface area (Å²) in [6.07, 6.45) is 0. The zero-order valence-electron chi connectivity index (χ0n) is 17.0. The van der Waals surface area contributed by atoms with Crippen LogP contribution in [0.15, 0.2) is 29.3 Å². The van der Waals surface area contributed by atoms with Crippen LogP contribution in [0.5, 0.6) is 11.5 Å². The molecule has 1 aromatic carbocycles. The van der Waals surface area contributed by atoms with Crippen LogP contribution in [0.4, 0.5) is 0 Å². The molecular formula is C20H34N4O3. The van der Waals surface area contributed by atoms with Crippen molar-refractivity contribution in [2.75, 3.05) is 60.2 Å². The van der Waals surface area contributed by atoms with E-state index < -0.39 is 0 Å². The van der Waals surface area contributed by atoms with Crippen LogP contribution in [0.25, 0.3) is 0 Å². The van der Waals surface area contributed by atoms with Crippen LogP contribution < -0.4 is 20.1 Å². The molecule has 0 aliphatic carbocycles. The summed E-state index contributed by atoms with van der Waals surface area (Å²) >= 11 is 0. The van der Waals surface area contributed by atoms with E-state index in [-0.39, 0.29) is 0 Å². The lowest BCUT2D eigenvalue weighted by molar-refractivity contribution is 0.00752. The summed E-state index contributed by atoms with van der Waals surface area (Å²) < 4.78 is 16.4. The van der Waals surface area contributed by atoms with Gasteiger partial charge in [-0.05, 0) is 18.1 Å². The van der Waals surface area contributed by atoms with Crippen LogP contribution in [-0.2, 0) is 4.74 Å². The lowest BCUT2D eigenvalue weighted by Crippen LogP contribution is -2.52. The van der Waals surface area contributed by atoms with Gasteiger partial charge in [0.15, 0.2) is 5.96 Å². The molecule has 2 N–H and O–H groups in total. The summed E-state index contributed by atoms with van der Waals surface area (Å²) in [5, 5.41) is 6.75. The first-order valence-electron chi connectivity index (χ1n) is 9.67. The first kappa shape index (κ1) is 21.3. The Morgan fingerprint density at radius 2 is 1.96 bits per heavy atom. The molecular weight excluding hydrogens is 344 g/mol. The monoisotopic (exact) mass is 378 g/mol. The van der Waals surface area contributed by atoms with E-state index in [9.17, 15) is 0 Å². The second kappa shape index (κ2) is 11.7. The van der Waals surface area contributed by atoms with Gasteiger partial charge in [-0.2, -0.15) is 0 Å². The number of guanidine groups is 1. The molecule has 0 radical (unpaired) electrons. The third-order valence-corrected chi connectivity index (χ3v) is 4.69. The van der Waals surface area contributed by atoms with Crippen molar-refractivity contribution >= 4 is 5.96 Å². The number of hydrogen-bond donors (Lipinski definition) is 2. The van der Waals surface area contributed by atoms with Crippen LogP contribution in [-0.4, -0.2) is 77.1 Å². The van der Waals surface area contributed by atoms with E-state index in [0.29, 0.717) is 25.1 Å². The second-order valence-corrected chi connectivity index (χ2v) is 6.87. The van der Waals surface area contributed by atoms with Gasteiger partial charge in [-0.25, -0.2) is 0 Å². The Bertz CT molecular complexity index is 574. The first-order valence-corrected chi connectivity index (χ1v) is 9.67. The zero-order valence-corrected chi connectivity index (χ0v) is 17.0. The lowest BCUT2D eigenvalue weighted by Gasteiger charge is -2.37. The number of hydrogen-bond acceptors (Lipinski definition) is 5. The maximum atomic E-state index is 5.75. The molecule has 2 rings (SSSR count). The van der Waals surface area contributed by atoms with Gasteiger partial charge in [0.1, 0.15) is 18.1 Å². The summed E-state index contributed by atoms with van der Waals surface area (Å²) in [7, 11) is 3.44. The van der Waals surface area contributed by atoms with Crippen molar-refractivity contribution in [2.24, 2.45) is 10.9 Å². The van der Waals surface area contributed by atoms with Crippen LogP contribution in [0.3, 0.4) is 0 Å². The number of methoxy groups -OCH3 is 1. The lowest BCUT2D eigenvalue weighted by atomic mass is 10.0. The van der Waals surface area contributed by atoms with Gasteiger partial charge in [-0.15, -0.1) is 0 Å². The normalized spacial score (nSPS) is 16.9. The maximum Gasteiger partial charge on any atom is 0.191 e. The highest BCUT2D eigenvalue weighted by molar-refractivity contribution is 5.79. The Morgan fingerprint density at radius 3 is 2.63 bits per heavy atom. The number of rotatable bonds is 9. The topological polar surface area (TPSA) is 67.4 Å². The number of ether oxygens (including phenoxy) is 3. The molecule has 1 unspecified atom stereocenters. The average Bonchev–Trinajstić information content (AvgIpc) is 2.70. The number of morpholine rings is 1. The number of benzene rings is 1. The number of aliphatic imine (C=N–C) groups is 1. The standard InChI is InChI=1S/C20H34N4O3/c1-16(2)19(24-9-12-26-13-10-24)15-23-20(21-3)22-8-11-27-18-7-5-6-17(14-18)25-4/h5-7,14,16,19H,8-13,15H2,1-4H3,(H2,21,22,23). The van der Waals surface area contributed by atoms with E-state index >= 15 is 0 Å². The third-order valence-electron chi connectivity index (χ3n) is 4.69. The second-order valence-electron chi connectivity index (χ2n) is 6.87. The molecule has 1 saturated heterocycles. The molecule has 1 heterocycles. The highest BCUT2D eigenvalue weighted by Gasteiger charge is 2.23. The molecule has 7 nitrogen and oxygen atoms in total. The molecule has 1 fully saturated rings. The molecule has 0 amide bonds. The van der Waals surface area contributed by atoms with Crippen LogP contribution in [0.2, 0.25) is 0 Å². The largest absolute Gasteiger partial charge is 0.497 e. The molecule has 0 bridgehead atoms. The van der Waals surface area contributed by atoms with Crippen molar-refractivity contribution in [3.8, 4) is 11.5 Å². The number of nitrogens with one attached hydrogen (secondary N) is 2. The molecule has 1 aromatic rings. The molecule has 0 aromatic heterocycles. The first-order chi connectivity index (χ1) is 13.1. The average molecular weight is 379 g/mol. The van der Waals surface area contributed by atoms with Gasteiger partial charge >= 0.3 is 0 Å². The summed E-state index contributed by atoms with van der Waals surface area (Å²) in [5.74, 6) is 2.94. The molecule has 0 saturated carbocycles. The number of nitrogens with zero attached hydrogens (tertiary/aromatic N) is 2. The smallest absolute Gasteiger partial charge is 0.191 e. The molecule has 1 aliphatic heterocycles. The summed E-state index contributed by atoms with van der Waals surface area (Å²) in [6.45, 7) is 10.2. The van der Waals surface area contributed by atoms with E-state index in [4.69, 9.17) is 14.2 Å². The van der Waals surface area contributed by atoms with Gasteiger partial charge in [-0.1, -0.05) is 19.9 Å². The molecule has 1 aliphatic rings. The summed E-state index contributed by atoms with van der Waals surface area (Å²) in [6, 6.07) is 8.07. The zero-order chi connectivity index (χ0) is 19.5. The molecule has 0 spiro atoms. The Balaban J connectivity index is 1.72. The quantitative estimate of drug-likeness (QED) is 0.387. The Kier molecular flexibility index (Phi) is 9.21. The van der Waals surface area contributed by atoms with E-state index in [1.54, 1.807) is 14.2 Å². The van der Waals surface area contributed by atoms with Gasteiger partial charge in [-0.3, -0.25) is 9.89 Å². The summed E-state index contributed by atoms with van der Waals surface area (Å²) in [4.78, 5) is 6.81. The highest BCUT2D eigenvalue weighted by Crippen LogP contribution is 2.18. The van der Waals surface area contributed by atoms with Crippen LogP contribution in [0.1, 0.15) is 13.8 Å². The maximum absolute atomic E-state index is 5.75. The molecule has 7 heteroatoms. The van der Waals surface area contributed by atoms with E-state index in [1.165, 1.54) is 0 Å². The van der Waals surface area contributed by atoms with Crippen molar-refractivity contribution in [1.29, 1.82) is 0 Å². The molecule has 1 atom stereocenters. The SMILES string of the molecule is CN=C(NCCOc1cccc(OC)c1)NCC(C(C)C)N1CCOCC1. The van der Waals surface area contributed by atoms with Crippen molar-refractivity contribution in [1.82, 2.24) is 15.5 Å². The van der Waals surface area contributed by atoms with Crippen molar-refractivity contribution in [2.45, 2.75) is 19.9 Å². The van der Waals surface area contributed by atoms with Crippen molar-refractivity contribution < 1.29 is 14.2 Å². The van der Waals surface area contributed by atoms with Crippen molar-refractivity contribution in [3.05, 3.63) is 24.3 Å². The molecule has 152 valence electrons. The minimum absolute atomic E-state index is 0.459. The fourth-order valence-corrected chi connectivity index (χ4v) is 3.15. The van der Waals surface area contributed by atoms with Gasteiger partial charge in [0.2, 0.25) is 0 Å². The minimum atomic E-state index is 0.459. The van der Waals surface area contributed by atoms with Gasteiger partial charge in [0.25, 0.3) is 0 Å². The highest BCUT2D eigenvalue weighted by atomic mass is 16.5. The predicted molar refractivity (Wildman–Crippen MR) is 109 cm³/mol. The predicted octanol–water partition coefficient (Wildman–Crippen LogP) is 1.60. The van der Waals surface area contributed by atoms with E-state index in [0.717, 1.165) is 50.3 Å². The van der Waals surface area contributed by atoms with Gasteiger partial charge < -0.3 is 24.8 Å².